The molecule has 0 spiro atoms. The predicted octanol–water partition coefficient (Wildman–Crippen LogP) is 2.72. The van der Waals surface area contributed by atoms with Crippen LogP contribution in [0.3, 0.4) is 0 Å². The Morgan fingerprint density at radius 1 is 1.52 bits per heavy atom. The van der Waals surface area contributed by atoms with Gasteiger partial charge in [-0.05, 0) is 53.0 Å². The Balaban J connectivity index is 1.69. The van der Waals surface area contributed by atoms with Crippen LogP contribution in [0.15, 0.2) is 12.4 Å². The zero-order valence-electron chi connectivity index (χ0n) is 15.0. The van der Waals surface area contributed by atoms with Gasteiger partial charge >= 0.3 is 6.09 Å². The van der Waals surface area contributed by atoms with Crippen LogP contribution in [-0.2, 0) is 11.8 Å². The number of nitrogens with one attached hydrogen (secondary N) is 1. The predicted molar refractivity (Wildman–Crippen MR) is 90.2 cm³/mol. The molecule has 1 saturated heterocycles. The molecule has 1 fully saturated rings. The third-order valence-electron chi connectivity index (χ3n) is 4.17. The second kappa shape index (κ2) is 7.34. The Labute approximate surface area is 139 Å². The Bertz CT molecular complexity index is 521. The van der Waals surface area contributed by atoms with Crippen molar-refractivity contribution in [1.82, 2.24) is 20.0 Å². The van der Waals surface area contributed by atoms with Crippen molar-refractivity contribution in [3.05, 3.63) is 18.0 Å². The van der Waals surface area contributed by atoms with Crippen LogP contribution in [-0.4, -0.2) is 46.0 Å². The maximum Gasteiger partial charge on any atom is 0.410 e. The van der Waals surface area contributed by atoms with Gasteiger partial charge in [-0.1, -0.05) is 0 Å². The number of rotatable bonds is 5. The van der Waals surface area contributed by atoms with Crippen molar-refractivity contribution >= 4 is 6.09 Å². The van der Waals surface area contributed by atoms with Crippen molar-refractivity contribution in [3.8, 4) is 0 Å². The highest BCUT2D eigenvalue weighted by Crippen LogP contribution is 2.22. The Morgan fingerprint density at radius 2 is 2.26 bits per heavy atom. The van der Waals surface area contributed by atoms with Crippen LogP contribution in [0.5, 0.6) is 0 Å². The van der Waals surface area contributed by atoms with Gasteiger partial charge in [0.1, 0.15) is 5.60 Å². The van der Waals surface area contributed by atoms with E-state index in [1.165, 1.54) is 5.56 Å². The minimum atomic E-state index is -0.421. The molecule has 0 saturated carbocycles. The number of hydrogen-bond donors (Lipinski definition) is 1. The van der Waals surface area contributed by atoms with E-state index in [4.69, 9.17) is 4.74 Å². The van der Waals surface area contributed by atoms with Crippen molar-refractivity contribution in [1.29, 1.82) is 0 Å². The van der Waals surface area contributed by atoms with E-state index in [0.29, 0.717) is 12.0 Å². The van der Waals surface area contributed by atoms with Crippen molar-refractivity contribution in [2.75, 3.05) is 19.6 Å². The lowest BCUT2D eigenvalue weighted by molar-refractivity contribution is 0.0287. The summed E-state index contributed by atoms with van der Waals surface area (Å²) < 4.78 is 7.26. The molecule has 0 aromatic carbocycles. The fourth-order valence-electron chi connectivity index (χ4n) is 2.85. The van der Waals surface area contributed by atoms with Crippen LogP contribution >= 0.6 is 0 Å². The molecule has 6 nitrogen and oxygen atoms in total. The lowest BCUT2D eigenvalue weighted by Crippen LogP contribution is -2.35. The summed E-state index contributed by atoms with van der Waals surface area (Å²) in [5.74, 6) is 0.552. The second-order valence-electron chi connectivity index (χ2n) is 7.49. The van der Waals surface area contributed by atoms with Gasteiger partial charge in [-0.3, -0.25) is 4.68 Å². The average Bonchev–Trinajstić information content (AvgIpc) is 3.05. The number of aromatic nitrogens is 2. The quantitative estimate of drug-likeness (QED) is 0.905. The number of carbonyl (C=O) groups excluding carboxylic acids is 1. The molecule has 1 N–H and O–H groups in total. The van der Waals surface area contributed by atoms with E-state index in [1.54, 1.807) is 0 Å². The summed E-state index contributed by atoms with van der Waals surface area (Å²) in [7, 11) is 1.93. The lowest BCUT2D eigenvalue weighted by Gasteiger charge is -2.24. The Hall–Kier alpha value is -1.56. The van der Waals surface area contributed by atoms with Gasteiger partial charge in [0.2, 0.25) is 0 Å². The topological polar surface area (TPSA) is 59.4 Å². The number of hydrogen-bond acceptors (Lipinski definition) is 4. The van der Waals surface area contributed by atoms with Gasteiger partial charge in [0, 0.05) is 37.9 Å². The summed E-state index contributed by atoms with van der Waals surface area (Å²) in [6.45, 7) is 10.4. The summed E-state index contributed by atoms with van der Waals surface area (Å²) >= 11 is 0. The molecule has 6 heteroatoms. The molecule has 1 amide bonds. The van der Waals surface area contributed by atoms with Gasteiger partial charge in [-0.15, -0.1) is 0 Å². The van der Waals surface area contributed by atoms with Crippen molar-refractivity contribution in [2.24, 2.45) is 13.0 Å². The standard InChI is InChI=1S/C17H30N4O2/c1-13(15-10-19-20(5)12-15)18-8-6-14-7-9-21(11-14)16(22)23-17(2,3)4/h10,12-14,18H,6-9,11H2,1-5H3. The first-order valence-corrected chi connectivity index (χ1v) is 8.44. The molecular weight excluding hydrogens is 292 g/mol. The molecule has 1 aliphatic heterocycles. The first kappa shape index (κ1) is 17.8. The van der Waals surface area contributed by atoms with E-state index < -0.39 is 5.60 Å². The summed E-state index contributed by atoms with van der Waals surface area (Å²) in [6.07, 6.45) is 5.89. The van der Waals surface area contributed by atoms with Crippen LogP contribution in [0.1, 0.15) is 52.1 Å². The normalized spacial score (nSPS) is 19.9. The molecule has 0 radical (unpaired) electrons. The molecule has 1 aromatic heterocycles. The van der Waals surface area contributed by atoms with Crippen LogP contribution < -0.4 is 5.32 Å². The van der Waals surface area contributed by atoms with Crippen molar-refractivity contribution < 1.29 is 9.53 Å². The SMILES string of the molecule is CC(NCCC1CCN(C(=O)OC(C)(C)C)C1)c1cnn(C)c1. The zero-order chi connectivity index (χ0) is 17.0. The molecule has 2 unspecified atom stereocenters. The number of carbonyl (C=O) groups is 1. The lowest BCUT2D eigenvalue weighted by atomic mass is 10.0. The fraction of sp³-hybridized carbons (Fsp3) is 0.765. The van der Waals surface area contributed by atoms with Gasteiger partial charge in [-0.2, -0.15) is 5.10 Å². The van der Waals surface area contributed by atoms with Crippen molar-refractivity contribution in [3.63, 3.8) is 0 Å². The van der Waals surface area contributed by atoms with Gasteiger partial charge in [-0.25, -0.2) is 4.79 Å². The molecule has 0 aliphatic carbocycles. The largest absolute Gasteiger partial charge is 0.444 e. The van der Waals surface area contributed by atoms with Gasteiger partial charge in [0.15, 0.2) is 0 Å². The third kappa shape index (κ3) is 5.53. The molecule has 130 valence electrons. The summed E-state index contributed by atoms with van der Waals surface area (Å²) in [5.41, 5.74) is 0.782. The molecule has 2 heterocycles. The molecule has 2 atom stereocenters. The highest BCUT2D eigenvalue weighted by atomic mass is 16.6. The van der Waals surface area contributed by atoms with Crippen LogP contribution in [0.4, 0.5) is 4.79 Å². The molecule has 2 rings (SSSR count). The first-order valence-electron chi connectivity index (χ1n) is 8.44. The first-order chi connectivity index (χ1) is 10.7. The van der Waals surface area contributed by atoms with E-state index in [9.17, 15) is 4.79 Å². The van der Waals surface area contributed by atoms with Crippen LogP contribution in [0, 0.1) is 5.92 Å². The molecule has 1 aromatic rings. The number of ether oxygens (including phenoxy) is 1. The molecule has 0 bridgehead atoms. The summed E-state index contributed by atoms with van der Waals surface area (Å²) in [6, 6.07) is 0.298. The maximum atomic E-state index is 12.1. The van der Waals surface area contributed by atoms with E-state index in [0.717, 1.165) is 32.5 Å². The van der Waals surface area contributed by atoms with E-state index in [1.807, 2.05) is 49.8 Å². The van der Waals surface area contributed by atoms with E-state index in [2.05, 4.69) is 17.3 Å². The van der Waals surface area contributed by atoms with Gasteiger partial charge in [0.25, 0.3) is 0 Å². The summed E-state index contributed by atoms with van der Waals surface area (Å²) in [5, 5.41) is 7.73. The maximum absolute atomic E-state index is 12.1. The van der Waals surface area contributed by atoms with Crippen LogP contribution in [0.2, 0.25) is 0 Å². The highest BCUT2D eigenvalue weighted by Gasteiger charge is 2.29. The molecule has 1 aliphatic rings. The highest BCUT2D eigenvalue weighted by molar-refractivity contribution is 5.68. The number of likely N-dealkylation sites (tertiary alicyclic amines) is 1. The average molecular weight is 322 g/mol. The Kier molecular flexibility index (Phi) is 5.68. The summed E-state index contributed by atoms with van der Waals surface area (Å²) in [4.78, 5) is 13.9. The minimum Gasteiger partial charge on any atom is -0.444 e. The second-order valence-corrected chi connectivity index (χ2v) is 7.49. The molecular formula is C17H30N4O2. The van der Waals surface area contributed by atoms with Gasteiger partial charge < -0.3 is 15.0 Å². The minimum absolute atomic E-state index is 0.184. The smallest absolute Gasteiger partial charge is 0.410 e. The van der Waals surface area contributed by atoms with Gasteiger partial charge in [0.05, 0.1) is 6.20 Å². The van der Waals surface area contributed by atoms with E-state index in [-0.39, 0.29) is 6.09 Å². The monoisotopic (exact) mass is 322 g/mol. The number of nitrogens with zero attached hydrogens (tertiary/aromatic N) is 3. The van der Waals surface area contributed by atoms with Crippen LogP contribution in [0.25, 0.3) is 0 Å². The molecule has 23 heavy (non-hydrogen) atoms. The van der Waals surface area contributed by atoms with E-state index >= 15 is 0 Å². The zero-order valence-corrected chi connectivity index (χ0v) is 15.0. The number of amides is 1. The third-order valence-corrected chi connectivity index (χ3v) is 4.17. The Morgan fingerprint density at radius 3 is 2.87 bits per heavy atom. The van der Waals surface area contributed by atoms with Crippen molar-refractivity contribution in [2.45, 2.75) is 52.2 Å². The number of aryl methyl sites for hydroxylation is 1. The fourth-order valence-corrected chi connectivity index (χ4v) is 2.85.